The van der Waals surface area contributed by atoms with Crippen molar-refractivity contribution in [2.24, 2.45) is 17.8 Å². The maximum Gasteiger partial charge on any atom is 0.142 e. The Bertz CT molecular complexity index is 817. The van der Waals surface area contributed by atoms with Crippen LogP contribution in [0.25, 0.3) is 11.1 Å². The molecule has 2 fully saturated rings. The number of hydrogen-bond acceptors (Lipinski definition) is 0. The van der Waals surface area contributed by atoms with Gasteiger partial charge >= 0.3 is 0 Å². The molecular weight excluding hydrogens is 419 g/mol. The third-order valence-electron chi connectivity index (χ3n) is 8.19. The molecule has 2 aromatic carbocycles. The summed E-state index contributed by atoms with van der Waals surface area (Å²) >= 11 is 5.81. The van der Waals surface area contributed by atoms with E-state index in [0.29, 0.717) is 0 Å². The molecule has 0 aromatic heterocycles. The van der Waals surface area contributed by atoms with E-state index in [1.54, 1.807) is 37.0 Å². The maximum absolute atomic E-state index is 13.7. The summed E-state index contributed by atoms with van der Waals surface area (Å²) in [5, 5.41) is 0.182. The van der Waals surface area contributed by atoms with Crippen LogP contribution in [0.5, 0.6) is 0 Å². The van der Waals surface area contributed by atoms with E-state index in [1.807, 2.05) is 6.07 Å². The largest absolute Gasteiger partial charge is 0.205 e. The SMILES string of the molecule is CCC[Si@H]1CC[C@H]([C@H]2CC[C@H](CCc3ccc(-c4ccc(Cl)c(F)c4)cc3)CC2)CC1. The molecule has 0 radical (unpaired) electrons. The second-order valence-corrected chi connectivity index (χ2v) is 14.1. The van der Waals surface area contributed by atoms with Gasteiger partial charge in [-0.3, -0.25) is 0 Å². The molecule has 2 aliphatic rings. The summed E-state index contributed by atoms with van der Waals surface area (Å²) in [6.45, 7) is 2.37. The van der Waals surface area contributed by atoms with E-state index in [4.69, 9.17) is 11.6 Å². The fourth-order valence-corrected chi connectivity index (χ4v) is 9.81. The molecular formula is C28H38ClFSi. The lowest BCUT2D eigenvalue weighted by Gasteiger charge is -2.37. The lowest BCUT2D eigenvalue weighted by molar-refractivity contribution is 0.186. The first kappa shape index (κ1) is 23.0. The number of hydrogen-bond donors (Lipinski definition) is 0. The van der Waals surface area contributed by atoms with Crippen molar-refractivity contribution < 1.29 is 4.39 Å². The summed E-state index contributed by atoms with van der Waals surface area (Å²) in [7, 11) is -0.331. The van der Waals surface area contributed by atoms with Crippen LogP contribution >= 0.6 is 11.6 Å². The van der Waals surface area contributed by atoms with E-state index in [-0.39, 0.29) is 19.6 Å². The summed E-state index contributed by atoms with van der Waals surface area (Å²) < 4.78 is 13.7. The van der Waals surface area contributed by atoms with E-state index >= 15 is 0 Å². The number of aryl methyl sites for hydroxylation is 1. The fourth-order valence-electron chi connectivity index (χ4n) is 6.22. The van der Waals surface area contributed by atoms with Crippen molar-refractivity contribution in [3.05, 3.63) is 58.9 Å². The van der Waals surface area contributed by atoms with E-state index in [2.05, 4.69) is 31.2 Å². The van der Waals surface area contributed by atoms with Gasteiger partial charge in [0.25, 0.3) is 0 Å². The Balaban J connectivity index is 1.21. The first-order valence-electron chi connectivity index (χ1n) is 12.7. The lowest BCUT2D eigenvalue weighted by atomic mass is 9.73. The van der Waals surface area contributed by atoms with Crippen molar-refractivity contribution in [1.82, 2.24) is 0 Å². The van der Waals surface area contributed by atoms with Gasteiger partial charge in [-0.15, -0.1) is 0 Å². The molecule has 0 nitrogen and oxygen atoms in total. The molecule has 31 heavy (non-hydrogen) atoms. The summed E-state index contributed by atoms with van der Waals surface area (Å²) in [5.41, 5.74) is 3.34. The molecule has 1 heterocycles. The molecule has 1 aliphatic carbocycles. The Kier molecular flexibility index (Phi) is 8.28. The van der Waals surface area contributed by atoms with Crippen LogP contribution in [0.4, 0.5) is 4.39 Å². The normalized spacial score (nSPS) is 26.7. The zero-order valence-electron chi connectivity index (χ0n) is 19.1. The van der Waals surface area contributed by atoms with E-state index in [9.17, 15) is 4.39 Å². The maximum atomic E-state index is 13.7. The van der Waals surface area contributed by atoms with Crippen LogP contribution < -0.4 is 0 Å². The molecule has 1 saturated carbocycles. The minimum absolute atomic E-state index is 0.182. The second-order valence-electron chi connectivity index (χ2n) is 10.2. The highest BCUT2D eigenvalue weighted by atomic mass is 35.5. The third-order valence-corrected chi connectivity index (χ3v) is 12.2. The molecule has 0 bridgehead atoms. The quantitative estimate of drug-likeness (QED) is 0.364. The van der Waals surface area contributed by atoms with Crippen LogP contribution in [-0.2, 0) is 6.42 Å². The van der Waals surface area contributed by atoms with Crippen LogP contribution in [-0.4, -0.2) is 8.80 Å². The Hall–Kier alpha value is -1.12. The summed E-state index contributed by atoms with van der Waals surface area (Å²) in [5.74, 6) is 2.65. The van der Waals surface area contributed by atoms with Crippen LogP contribution in [0, 0.1) is 23.6 Å². The topological polar surface area (TPSA) is 0 Å². The Labute approximate surface area is 195 Å². The van der Waals surface area contributed by atoms with Gasteiger partial charge in [-0.25, -0.2) is 4.39 Å². The van der Waals surface area contributed by atoms with E-state index < -0.39 is 0 Å². The molecule has 0 amide bonds. The predicted octanol–water partition coefficient (Wildman–Crippen LogP) is 8.93. The van der Waals surface area contributed by atoms with Gasteiger partial charge in [0.2, 0.25) is 0 Å². The highest BCUT2D eigenvalue weighted by Gasteiger charge is 2.30. The lowest BCUT2D eigenvalue weighted by Crippen LogP contribution is -2.28. The van der Waals surface area contributed by atoms with Gasteiger partial charge in [-0.1, -0.05) is 99.1 Å². The van der Waals surface area contributed by atoms with Crippen LogP contribution in [0.15, 0.2) is 42.5 Å². The average molecular weight is 457 g/mol. The number of rotatable bonds is 7. The standard InChI is InChI=1S/C28H38ClFSi/c1-2-17-31-18-15-25(16-19-31)23-9-5-21(6-10-23)3-4-22-7-11-24(12-8-22)26-13-14-27(29)28(30)20-26/h7-8,11-14,20-21,23,25,31H,2-6,9-10,15-19H2,1H3/t21-,23-,25-,31-. The Morgan fingerprint density at radius 1 is 0.871 bits per heavy atom. The molecule has 0 spiro atoms. The van der Waals surface area contributed by atoms with Crippen LogP contribution in [0.1, 0.15) is 63.9 Å². The monoisotopic (exact) mass is 456 g/mol. The van der Waals surface area contributed by atoms with Gasteiger partial charge < -0.3 is 0 Å². The molecule has 4 rings (SSSR count). The zero-order chi connectivity index (χ0) is 21.6. The van der Waals surface area contributed by atoms with E-state index in [0.717, 1.165) is 35.3 Å². The second kappa shape index (κ2) is 11.1. The number of halogens is 2. The third kappa shape index (κ3) is 6.23. The van der Waals surface area contributed by atoms with Gasteiger partial charge in [0, 0.05) is 8.80 Å². The highest BCUT2D eigenvalue weighted by molar-refractivity contribution is 6.58. The van der Waals surface area contributed by atoms with E-state index in [1.165, 1.54) is 50.2 Å². The van der Waals surface area contributed by atoms with Crippen LogP contribution in [0.3, 0.4) is 0 Å². The molecule has 2 aromatic rings. The van der Waals surface area contributed by atoms with Crippen molar-refractivity contribution in [3.8, 4) is 11.1 Å². The van der Waals surface area contributed by atoms with Gasteiger partial charge in [0.15, 0.2) is 0 Å². The molecule has 1 aliphatic heterocycles. The molecule has 168 valence electrons. The molecule has 1 saturated heterocycles. The minimum atomic E-state index is -0.352. The zero-order valence-corrected chi connectivity index (χ0v) is 21.0. The average Bonchev–Trinajstić information content (AvgIpc) is 2.81. The number of benzene rings is 2. The minimum Gasteiger partial charge on any atom is -0.205 e. The first-order chi connectivity index (χ1) is 15.1. The predicted molar refractivity (Wildman–Crippen MR) is 135 cm³/mol. The molecule has 0 unspecified atom stereocenters. The Morgan fingerprint density at radius 3 is 2.16 bits per heavy atom. The first-order valence-corrected chi connectivity index (χ1v) is 15.5. The van der Waals surface area contributed by atoms with Gasteiger partial charge in [0.05, 0.1) is 5.02 Å². The fraction of sp³-hybridized carbons (Fsp3) is 0.571. The van der Waals surface area contributed by atoms with Crippen molar-refractivity contribution in [1.29, 1.82) is 0 Å². The molecule has 0 N–H and O–H groups in total. The summed E-state index contributed by atoms with van der Waals surface area (Å²) in [6, 6.07) is 18.6. The van der Waals surface area contributed by atoms with Crippen molar-refractivity contribution in [2.75, 3.05) is 0 Å². The van der Waals surface area contributed by atoms with Gasteiger partial charge in [-0.05, 0) is 72.3 Å². The highest BCUT2D eigenvalue weighted by Crippen LogP contribution is 2.42. The smallest absolute Gasteiger partial charge is 0.142 e. The summed E-state index contributed by atoms with van der Waals surface area (Å²) in [4.78, 5) is 0. The Morgan fingerprint density at radius 2 is 1.52 bits per heavy atom. The van der Waals surface area contributed by atoms with Crippen molar-refractivity contribution >= 4 is 20.4 Å². The summed E-state index contributed by atoms with van der Waals surface area (Å²) in [6.07, 6.45) is 12.9. The molecule has 0 atom stereocenters. The van der Waals surface area contributed by atoms with Gasteiger partial charge in [-0.2, -0.15) is 0 Å². The molecule has 3 heteroatoms. The van der Waals surface area contributed by atoms with Crippen molar-refractivity contribution in [2.45, 2.75) is 82.8 Å². The van der Waals surface area contributed by atoms with Crippen molar-refractivity contribution in [3.63, 3.8) is 0 Å². The van der Waals surface area contributed by atoms with Gasteiger partial charge in [0.1, 0.15) is 5.82 Å². The van der Waals surface area contributed by atoms with Crippen LogP contribution in [0.2, 0.25) is 23.2 Å².